The van der Waals surface area contributed by atoms with E-state index in [9.17, 15) is 13.9 Å². The Hall–Kier alpha value is -0.220. The van der Waals surface area contributed by atoms with Crippen LogP contribution < -0.4 is 0 Å². The fraction of sp³-hybridized carbons (Fsp3) is 1.00. The van der Waals surface area contributed by atoms with E-state index in [0.29, 0.717) is 13.1 Å². The zero-order chi connectivity index (χ0) is 10.2. The summed E-state index contributed by atoms with van der Waals surface area (Å²) in [6, 6.07) is 0. The lowest BCUT2D eigenvalue weighted by Crippen LogP contribution is -2.44. The van der Waals surface area contributed by atoms with Gasteiger partial charge >= 0.3 is 0 Å². The quantitative estimate of drug-likeness (QED) is 0.754. The second-order valence-corrected chi connectivity index (χ2v) is 4.83. The highest BCUT2D eigenvalue weighted by Crippen LogP contribution is 2.42. The van der Waals surface area contributed by atoms with E-state index in [-0.39, 0.29) is 25.0 Å². The van der Waals surface area contributed by atoms with Gasteiger partial charge in [0.05, 0.1) is 6.54 Å². The van der Waals surface area contributed by atoms with Crippen molar-refractivity contribution in [3.63, 3.8) is 0 Å². The number of aliphatic hydroxyl groups is 1. The van der Waals surface area contributed by atoms with E-state index in [1.165, 1.54) is 0 Å². The van der Waals surface area contributed by atoms with Gasteiger partial charge in [0.25, 0.3) is 5.92 Å². The molecule has 1 saturated heterocycles. The molecule has 0 aromatic rings. The summed E-state index contributed by atoms with van der Waals surface area (Å²) in [6.07, 6.45) is 3.09. The molecule has 2 rings (SSSR count). The predicted molar refractivity (Wildman–Crippen MR) is 49.4 cm³/mol. The Labute approximate surface area is 82.9 Å². The molecule has 14 heavy (non-hydrogen) atoms. The molecule has 0 aromatic carbocycles. The Bertz CT molecular complexity index is 211. The van der Waals surface area contributed by atoms with Crippen LogP contribution in [-0.4, -0.2) is 42.2 Å². The molecule has 0 unspecified atom stereocenters. The number of rotatable bonds is 3. The molecule has 1 heterocycles. The number of alkyl halides is 2. The number of hydrogen-bond acceptors (Lipinski definition) is 2. The van der Waals surface area contributed by atoms with Gasteiger partial charge in [-0.05, 0) is 12.8 Å². The Morgan fingerprint density at radius 1 is 1.21 bits per heavy atom. The fourth-order valence-electron chi connectivity index (χ4n) is 2.46. The summed E-state index contributed by atoms with van der Waals surface area (Å²) in [5.41, 5.74) is -0.0551. The van der Waals surface area contributed by atoms with Crippen LogP contribution in [0, 0.1) is 5.41 Å². The maximum atomic E-state index is 12.9. The molecule has 0 amide bonds. The first-order valence-corrected chi connectivity index (χ1v) is 5.26. The van der Waals surface area contributed by atoms with E-state index in [1.807, 2.05) is 0 Å². The Kier molecular flexibility index (Phi) is 2.52. The second-order valence-electron chi connectivity index (χ2n) is 4.83. The summed E-state index contributed by atoms with van der Waals surface area (Å²) in [7, 11) is 0. The van der Waals surface area contributed by atoms with Crippen molar-refractivity contribution in [1.29, 1.82) is 0 Å². The Morgan fingerprint density at radius 2 is 1.93 bits per heavy atom. The summed E-state index contributed by atoms with van der Waals surface area (Å²) in [4.78, 5) is 1.80. The van der Waals surface area contributed by atoms with Crippen LogP contribution in [0.25, 0.3) is 0 Å². The first kappa shape index (κ1) is 10.3. The van der Waals surface area contributed by atoms with Crippen LogP contribution in [0.1, 0.15) is 25.7 Å². The lowest BCUT2D eigenvalue weighted by molar-refractivity contribution is -0.0141. The van der Waals surface area contributed by atoms with Gasteiger partial charge in [-0.3, -0.25) is 4.90 Å². The van der Waals surface area contributed by atoms with Crippen molar-refractivity contribution >= 4 is 0 Å². The molecule has 0 spiro atoms. The number of halogens is 2. The van der Waals surface area contributed by atoms with Crippen LogP contribution in [0.2, 0.25) is 0 Å². The van der Waals surface area contributed by atoms with Crippen LogP contribution in [0.4, 0.5) is 8.78 Å². The minimum Gasteiger partial charge on any atom is -0.396 e. The maximum Gasteiger partial charge on any atom is 0.261 e. The van der Waals surface area contributed by atoms with Gasteiger partial charge in [0.2, 0.25) is 0 Å². The minimum atomic E-state index is -2.50. The molecule has 0 aromatic heterocycles. The third-order valence-corrected chi connectivity index (χ3v) is 3.56. The normalized spacial score (nSPS) is 30.2. The number of likely N-dealkylation sites (tertiary alicyclic amines) is 1. The molecule has 1 aliphatic carbocycles. The summed E-state index contributed by atoms with van der Waals surface area (Å²) in [5.74, 6) is -2.50. The third kappa shape index (κ3) is 1.91. The molecule has 0 radical (unpaired) electrons. The molecule has 1 saturated carbocycles. The number of aliphatic hydroxyl groups excluding tert-OH is 1. The van der Waals surface area contributed by atoms with Gasteiger partial charge < -0.3 is 5.11 Å². The van der Waals surface area contributed by atoms with Gasteiger partial charge in [0, 0.05) is 31.5 Å². The van der Waals surface area contributed by atoms with Crippen molar-refractivity contribution in [1.82, 2.24) is 4.90 Å². The topological polar surface area (TPSA) is 23.5 Å². The maximum absolute atomic E-state index is 12.9. The smallest absolute Gasteiger partial charge is 0.261 e. The average Bonchev–Trinajstić information content (AvgIpc) is 2.38. The zero-order valence-corrected chi connectivity index (χ0v) is 8.31. The van der Waals surface area contributed by atoms with Crippen molar-refractivity contribution in [2.75, 3.05) is 26.2 Å². The highest BCUT2D eigenvalue weighted by molar-refractivity contribution is 4.93. The van der Waals surface area contributed by atoms with Gasteiger partial charge in [-0.1, -0.05) is 6.42 Å². The number of hydrogen-bond donors (Lipinski definition) is 1. The van der Waals surface area contributed by atoms with E-state index in [0.717, 1.165) is 19.3 Å². The molecule has 0 atom stereocenters. The SMILES string of the molecule is OCC1(CN2CCC(F)(F)C2)CCC1. The zero-order valence-electron chi connectivity index (χ0n) is 8.31. The Balaban J connectivity index is 1.86. The second kappa shape index (κ2) is 3.42. The van der Waals surface area contributed by atoms with E-state index in [4.69, 9.17) is 0 Å². The van der Waals surface area contributed by atoms with Crippen molar-refractivity contribution < 1.29 is 13.9 Å². The monoisotopic (exact) mass is 205 g/mol. The lowest BCUT2D eigenvalue weighted by Gasteiger charge is -2.42. The van der Waals surface area contributed by atoms with Gasteiger partial charge in [0.1, 0.15) is 0 Å². The minimum absolute atomic E-state index is 0.0193. The van der Waals surface area contributed by atoms with E-state index >= 15 is 0 Å². The van der Waals surface area contributed by atoms with E-state index < -0.39 is 5.92 Å². The summed E-state index contributed by atoms with van der Waals surface area (Å²) >= 11 is 0. The largest absolute Gasteiger partial charge is 0.396 e. The Morgan fingerprint density at radius 3 is 2.29 bits per heavy atom. The summed E-state index contributed by atoms with van der Waals surface area (Å²) < 4.78 is 25.8. The van der Waals surface area contributed by atoms with Gasteiger partial charge in [0.15, 0.2) is 0 Å². The van der Waals surface area contributed by atoms with Crippen LogP contribution in [0.15, 0.2) is 0 Å². The fourth-order valence-corrected chi connectivity index (χ4v) is 2.46. The summed E-state index contributed by atoms with van der Waals surface area (Å²) in [6.45, 7) is 1.16. The van der Waals surface area contributed by atoms with Crippen LogP contribution in [0.5, 0.6) is 0 Å². The molecule has 0 bridgehead atoms. The van der Waals surface area contributed by atoms with Crippen LogP contribution >= 0.6 is 0 Å². The third-order valence-electron chi connectivity index (χ3n) is 3.56. The predicted octanol–water partition coefficient (Wildman–Crippen LogP) is 1.49. The average molecular weight is 205 g/mol. The van der Waals surface area contributed by atoms with Crippen LogP contribution in [-0.2, 0) is 0 Å². The molecule has 4 heteroatoms. The van der Waals surface area contributed by atoms with Gasteiger partial charge in [-0.2, -0.15) is 0 Å². The molecule has 1 N–H and O–H groups in total. The highest BCUT2D eigenvalue weighted by Gasteiger charge is 2.43. The first-order chi connectivity index (χ1) is 6.55. The van der Waals surface area contributed by atoms with Crippen molar-refractivity contribution in [2.45, 2.75) is 31.6 Å². The molecule has 1 aliphatic heterocycles. The van der Waals surface area contributed by atoms with Crippen molar-refractivity contribution in [2.24, 2.45) is 5.41 Å². The van der Waals surface area contributed by atoms with Gasteiger partial charge in [-0.25, -0.2) is 8.78 Å². The lowest BCUT2D eigenvalue weighted by atomic mass is 9.69. The van der Waals surface area contributed by atoms with E-state index in [1.54, 1.807) is 4.90 Å². The van der Waals surface area contributed by atoms with E-state index in [2.05, 4.69) is 0 Å². The highest BCUT2D eigenvalue weighted by atomic mass is 19.3. The molecule has 2 aliphatic rings. The number of nitrogens with zero attached hydrogens (tertiary/aromatic N) is 1. The summed E-state index contributed by atoms with van der Waals surface area (Å²) in [5, 5.41) is 9.21. The standard InChI is InChI=1S/C10H17F2NO/c11-10(12)4-5-13(7-10)6-9(8-14)2-1-3-9/h14H,1-8H2. The van der Waals surface area contributed by atoms with Crippen LogP contribution in [0.3, 0.4) is 0 Å². The molecular formula is C10H17F2NO. The van der Waals surface area contributed by atoms with Crippen molar-refractivity contribution in [3.05, 3.63) is 0 Å². The van der Waals surface area contributed by atoms with Crippen molar-refractivity contribution in [3.8, 4) is 0 Å². The van der Waals surface area contributed by atoms with Gasteiger partial charge in [-0.15, -0.1) is 0 Å². The molecule has 82 valence electrons. The molecule has 2 nitrogen and oxygen atoms in total. The molecule has 2 fully saturated rings. The first-order valence-electron chi connectivity index (χ1n) is 5.26. The molecular weight excluding hydrogens is 188 g/mol.